The van der Waals surface area contributed by atoms with Crippen molar-refractivity contribution in [3.8, 4) is 11.5 Å². The molecule has 0 saturated heterocycles. The van der Waals surface area contributed by atoms with Gasteiger partial charge in [0.1, 0.15) is 11.5 Å². The number of carbonyl (C=O) groups is 1. The fourth-order valence-electron chi connectivity index (χ4n) is 3.73. The number of carbonyl (C=O) groups excluding carboxylic acids is 1. The first kappa shape index (κ1) is 24.0. The van der Waals surface area contributed by atoms with E-state index in [2.05, 4.69) is 19.9 Å². The van der Waals surface area contributed by atoms with E-state index in [4.69, 9.17) is 9.47 Å². The summed E-state index contributed by atoms with van der Waals surface area (Å²) in [4.78, 5) is 12.5. The van der Waals surface area contributed by atoms with E-state index in [9.17, 15) is 4.79 Å². The van der Waals surface area contributed by atoms with E-state index in [1.165, 1.54) is 56.1 Å². The Morgan fingerprint density at radius 1 is 0.733 bits per heavy atom. The lowest BCUT2D eigenvalue weighted by molar-refractivity contribution is 0.151. The Balaban J connectivity index is 2.13. The third kappa shape index (κ3) is 7.51. The number of unbranched alkanes of at least 4 members (excludes halogenated alkanes) is 6. The predicted octanol–water partition coefficient (Wildman–Crippen LogP) is 8.13. The van der Waals surface area contributed by atoms with Crippen LogP contribution < -0.4 is 9.47 Å². The maximum absolute atomic E-state index is 12.5. The zero-order valence-electron chi connectivity index (χ0n) is 19.3. The topological polar surface area (TPSA) is 35.5 Å². The molecule has 2 aromatic rings. The van der Waals surface area contributed by atoms with Crippen LogP contribution in [0.15, 0.2) is 36.4 Å². The quantitative estimate of drug-likeness (QED) is 0.201. The highest BCUT2D eigenvalue weighted by molar-refractivity contribution is 5.68. The first-order valence-corrected chi connectivity index (χ1v) is 11.6. The number of rotatable bonds is 12. The number of hydrogen-bond acceptors (Lipinski definition) is 3. The van der Waals surface area contributed by atoms with Crippen molar-refractivity contribution in [2.75, 3.05) is 0 Å². The minimum Gasteiger partial charge on any atom is -0.394 e. The Kier molecular flexibility index (Phi) is 10.5. The van der Waals surface area contributed by atoms with E-state index < -0.39 is 6.16 Å². The van der Waals surface area contributed by atoms with Crippen molar-refractivity contribution in [2.24, 2.45) is 0 Å². The first-order valence-electron chi connectivity index (χ1n) is 11.6. The van der Waals surface area contributed by atoms with Crippen LogP contribution in [0.5, 0.6) is 11.5 Å². The lowest BCUT2D eigenvalue weighted by Gasteiger charge is -2.15. The average molecular weight is 411 g/mol. The minimum atomic E-state index is -0.665. The molecule has 2 aromatic carbocycles. The van der Waals surface area contributed by atoms with Crippen LogP contribution >= 0.6 is 0 Å². The Morgan fingerprint density at radius 2 is 1.33 bits per heavy atom. The van der Waals surface area contributed by atoms with E-state index in [-0.39, 0.29) is 0 Å². The van der Waals surface area contributed by atoms with Crippen LogP contribution in [0.4, 0.5) is 4.79 Å². The number of benzene rings is 2. The molecule has 0 aliphatic heterocycles. The number of ether oxygens (including phenoxy) is 2. The summed E-state index contributed by atoms with van der Waals surface area (Å²) in [6.07, 6.45) is 11.0. The summed E-state index contributed by atoms with van der Waals surface area (Å²) in [6, 6.07) is 11.8. The molecular weight excluding hydrogens is 372 g/mol. The maximum atomic E-state index is 12.5. The molecule has 0 aliphatic carbocycles. The number of aryl methyl sites for hydroxylation is 2. The molecule has 3 heteroatoms. The molecule has 2 rings (SSSR count). The van der Waals surface area contributed by atoms with Crippen molar-refractivity contribution in [1.29, 1.82) is 0 Å². The average Bonchev–Trinajstić information content (AvgIpc) is 2.73. The monoisotopic (exact) mass is 410 g/mol. The van der Waals surface area contributed by atoms with Crippen molar-refractivity contribution < 1.29 is 14.3 Å². The van der Waals surface area contributed by atoms with E-state index >= 15 is 0 Å². The maximum Gasteiger partial charge on any atom is 0.519 e. The third-order valence-electron chi connectivity index (χ3n) is 5.75. The van der Waals surface area contributed by atoms with E-state index in [0.717, 1.165) is 30.4 Å². The summed E-state index contributed by atoms with van der Waals surface area (Å²) < 4.78 is 11.2. The molecule has 0 aromatic heterocycles. The zero-order chi connectivity index (χ0) is 21.8. The van der Waals surface area contributed by atoms with Gasteiger partial charge in [0.25, 0.3) is 0 Å². The summed E-state index contributed by atoms with van der Waals surface area (Å²) in [5, 5.41) is 0. The summed E-state index contributed by atoms with van der Waals surface area (Å²) in [5.74, 6) is 1.20. The zero-order valence-corrected chi connectivity index (χ0v) is 19.3. The molecule has 0 saturated carbocycles. The van der Waals surface area contributed by atoms with Gasteiger partial charge in [-0.15, -0.1) is 0 Å². The Hall–Kier alpha value is -2.29. The van der Waals surface area contributed by atoms with Crippen molar-refractivity contribution in [3.63, 3.8) is 0 Å². The first-order chi connectivity index (χ1) is 14.6. The van der Waals surface area contributed by atoms with Crippen molar-refractivity contribution >= 4 is 6.16 Å². The van der Waals surface area contributed by atoms with Gasteiger partial charge < -0.3 is 9.47 Å². The van der Waals surface area contributed by atoms with Gasteiger partial charge in [0.2, 0.25) is 0 Å². The van der Waals surface area contributed by atoms with Gasteiger partial charge in [-0.05, 0) is 73.9 Å². The third-order valence-corrected chi connectivity index (χ3v) is 5.75. The van der Waals surface area contributed by atoms with E-state index in [1.807, 2.05) is 38.1 Å². The molecule has 0 atom stereocenters. The summed E-state index contributed by atoms with van der Waals surface area (Å²) >= 11 is 0. The molecule has 0 fully saturated rings. The second kappa shape index (κ2) is 13.1. The molecule has 0 amide bonds. The number of hydrogen-bond donors (Lipinski definition) is 0. The van der Waals surface area contributed by atoms with Gasteiger partial charge in [-0.3, -0.25) is 0 Å². The van der Waals surface area contributed by atoms with Crippen LogP contribution in [0, 0.1) is 13.8 Å². The van der Waals surface area contributed by atoms with Crippen LogP contribution in [0.25, 0.3) is 0 Å². The summed E-state index contributed by atoms with van der Waals surface area (Å²) in [5.41, 5.74) is 4.52. The fourth-order valence-corrected chi connectivity index (χ4v) is 3.73. The summed E-state index contributed by atoms with van der Waals surface area (Å²) in [7, 11) is 0. The smallest absolute Gasteiger partial charge is 0.394 e. The van der Waals surface area contributed by atoms with Crippen LogP contribution in [0.3, 0.4) is 0 Å². The molecular formula is C27H38O3. The van der Waals surface area contributed by atoms with Gasteiger partial charge in [-0.2, -0.15) is 0 Å². The predicted molar refractivity (Wildman–Crippen MR) is 125 cm³/mol. The normalized spacial score (nSPS) is 10.8. The van der Waals surface area contributed by atoms with Gasteiger partial charge in [0.05, 0.1) is 0 Å². The standard InChI is InChI=1S/C27H38O3/c1-5-7-9-11-16-23-17-14-20-26(24(23)18-12-10-8-6-2)30-27(28)29-25-19-13-15-21(3)22(25)4/h13-15,17,19-20H,5-12,16,18H2,1-4H3. The van der Waals surface area contributed by atoms with Crippen LogP contribution in [-0.2, 0) is 12.8 Å². The molecule has 0 aliphatic rings. The lowest BCUT2D eigenvalue weighted by Crippen LogP contribution is -2.16. The Bertz CT molecular complexity index is 795. The van der Waals surface area contributed by atoms with Crippen molar-refractivity contribution in [3.05, 3.63) is 58.7 Å². The molecule has 0 unspecified atom stereocenters. The molecule has 0 radical (unpaired) electrons. The van der Waals surface area contributed by atoms with Gasteiger partial charge in [0, 0.05) is 0 Å². The second-order valence-corrected chi connectivity index (χ2v) is 8.17. The largest absolute Gasteiger partial charge is 0.519 e. The van der Waals surface area contributed by atoms with E-state index in [0.29, 0.717) is 11.5 Å². The molecule has 0 spiro atoms. The van der Waals surface area contributed by atoms with Gasteiger partial charge in [-0.25, -0.2) is 4.79 Å². The van der Waals surface area contributed by atoms with Gasteiger partial charge in [-0.1, -0.05) is 76.6 Å². The second-order valence-electron chi connectivity index (χ2n) is 8.17. The SMILES string of the molecule is CCCCCCc1cccc(OC(=O)Oc2cccc(C)c2C)c1CCCCCC. The Morgan fingerprint density at radius 3 is 2.03 bits per heavy atom. The van der Waals surface area contributed by atoms with Gasteiger partial charge in [0.15, 0.2) is 0 Å². The molecule has 0 bridgehead atoms. The van der Waals surface area contributed by atoms with Crippen molar-refractivity contribution in [1.82, 2.24) is 0 Å². The molecule has 30 heavy (non-hydrogen) atoms. The summed E-state index contributed by atoms with van der Waals surface area (Å²) in [6.45, 7) is 8.41. The highest BCUT2D eigenvalue weighted by Gasteiger charge is 2.16. The van der Waals surface area contributed by atoms with Crippen LogP contribution in [0.1, 0.15) is 87.5 Å². The van der Waals surface area contributed by atoms with E-state index in [1.54, 1.807) is 6.07 Å². The highest BCUT2D eigenvalue weighted by Crippen LogP contribution is 2.28. The molecule has 0 heterocycles. The van der Waals surface area contributed by atoms with Crippen LogP contribution in [-0.4, -0.2) is 6.16 Å². The molecule has 0 N–H and O–H groups in total. The minimum absolute atomic E-state index is 0.556. The molecule has 3 nitrogen and oxygen atoms in total. The van der Waals surface area contributed by atoms with Crippen LogP contribution in [0.2, 0.25) is 0 Å². The van der Waals surface area contributed by atoms with Crippen molar-refractivity contribution in [2.45, 2.75) is 91.9 Å². The highest BCUT2D eigenvalue weighted by atomic mass is 16.7. The Labute approximate surface area is 182 Å². The van der Waals surface area contributed by atoms with Gasteiger partial charge >= 0.3 is 6.16 Å². The molecule has 164 valence electrons. The fraction of sp³-hybridized carbons (Fsp3) is 0.519. The lowest BCUT2D eigenvalue weighted by atomic mass is 9.96.